The number of nitrogens with two attached hydrogens (primary N) is 2. The van der Waals surface area contributed by atoms with Crippen molar-refractivity contribution in [1.29, 1.82) is 0 Å². The number of fused-ring (bicyclic) bond motifs is 8. The Morgan fingerprint density at radius 1 is 0.955 bits per heavy atom. The molecule has 2 unspecified atom stereocenters. The Kier molecular flexibility index (Phi) is 10.9. The number of phenols is 1. The third kappa shape index (κ3) is 6.59. The second-order valence-corrected chi connectivity index (χ2v) is 17.4. The molecule has 5 saturated heterocycles. The number of hydrogen-bond acceptors (Lipinski definition) is 21. The van der Waals surface area contributed by atoms with Crippen molar-refractivity contribution in [3.63, 3.8) is 0 Å². The number of esters is 1. The molecule has 0 saturated carbocycles. The van der Waals surface area contributed by atoms with Crippen LogP contribution in [0, 0.1) is 17.8 Å². The van der Waals surface area contributed by atoms with Gasteiger partial charge in [-0.3, -0.25) is 14.4 Å². The number of cyclic esters (lactones) is 1. The molecule has 7 heterocycles. The number of hydrogen-bond donors (Lipinski definition) is 6. The molecule has 66 heavy (non-hydrogen) atoms. The average molecular weight is 923 g/mol. The molecule has 2 aliphatic carbocycles. The lowest BCUT2D eigenvalue weighted by Gasteiger charge is -2.47. The lowest BCUT2D eigenvalue weighted by molar-refractivity contribution is -0.364. The number of nitrogens with zero attached hydrogens (tertiary/aromatic N) is 1. The van der Waals surface area contributed by atoms with Gasteiger partial charge in [-0.25, -0.2) is 4.79 Å². The first-order valence-corrected chi connectivity index (χ1v) is 21.4. The van der Waals surface area contributed by atoms with E-state index in [0.717, 1.165) is 0 Å². The molecule has 1 amide bonds. The first kappa shape index (κ1) is 44.1. The van der Waals surface area contributed by atoms with Crippen LogP contribution in [0.3, 0.4) is 0 Å². The SMILES string of the molecule is CO[C@@]12[C@H](COC(N)=O)C3=C(C(=O)C(C)=C(N)C3=O)N1C[C@@H]1N[C@@H]12.COc1cc([C@@H]2c3cc4c(cc3C(O[C@@H]3O[C@@H]5CO[C@@H](C)O[C@H]5[C@H](O)[C@H]3O)C3COC(=O)[C@@H]32)OCO4)cc(OC)c1O. The number of amides is 1. The molecule has 22 heteroatoms. The fraction of sp³-hybridized carbons (Fsp3) is 0.545. The highest BCUT2D eigenvalue weighted by Crippen LogP contribution is 2.58. The van der Waals surface area contributed by atoms with E-state index in [1.54, 1.807) is 31.2 Å². The number of aliphatic hydroxyl groups excluding tert-OH is 2. The first-order chi connectivity index (χ1) is 31.6. The highest BCUT2D eigenvalue weighted by Gasteiger charge is 2.72. The Hall–Kier alpha value is -5.72. The van der Waals surface area contributed by atoms with Crippen molar-refractivity contribution in [3.8, 4) is 28.7 Å². The number of aliphatic hydroxyl groups is 2. The molecule has 11 rings (SSSR count). The van der Waals surface area contributed by atoms with E-state index < -0.39 is 90.3 Å². The molecule has 0 radical (unpaired) electrons. The van der Waals surface area contributed by atoms with Crippen LogP contribution in [0.2, 0.25) is 0 Å². The molecule has 2 aromatic rings. The topological polar surface area (TPSA) is 308 Å². The quantitative estimate of drug-likeness (QED) is 0.112. The first-order valence-electron chi connectivity index (χ1n) is 21.4. The number of carbonyl (C=O) groups excluding carboxylic acids is 4. The minimum atomic E-state index is -1.44. The summed E-state index contributed by atoms with van der Waals surface area (Å²) in [6.07, 6.45) is -7.75. The number of benzene rings is 2. The van der Waals surface area contributed by atoms with Gasteiger partial charge in [0.1, 0.15) is 31.0 Å². The minimum absolute atomic E-state index is 0.0301. The number of ether oxygens (including phenoxy) is 11. The number of primary amides is 1. The summed E-state index contributed by atoms with van der Waals surface area (Å²) in [6, 6.07) is 7.04. The zero-order chi connectivity index (χ0) is 46.7. The monoisotopic (exact) mass is 922 g/mol. The fourth-order valence-corrected chi connectivity index (χ4v) is 11.0. The molecular formula is C44H50N4O18. The van der Waals surface area contributed by atoms with Gasteiger partial charge in [0.2, 0.25) is 24.1 Å². The standard InChI is InChI=1S/C29H32O13.C15H18N4O5/c1-11-36-9-20-27(40-11)24(31)25(32)29(41-20)42-26-14-7-17-16(38-10-39-17)6-13(14)21(22-15(26)8-37-28(22)33)12-4-18(34-2)23(30)19(5-12)35-3;1-5-9(16)12(21)8-6(4-24-14(17)22)15(23-2)13-7(18-13)3-19(15)10(8)11(5)20/h4-7,11,15,20-22,24-27,29-32H,8-10H2,1-3H3;6-7,13,18H,3-4,16H2,1-2H3,(H2,17,22)/t11-,15?,20-,21-,22+,24-,25-,26?,27-,29+;6-,7+,13+,15-/m11/s1. The Labute approximate surface area is 376 Å². The average Bonchev–Trinajstić information content (AvgIpc) is 3.55. The molecule has 9 aliphatic rings. The normalized spacial score (nSPS) is 36.6. The third-order valence-electron chi connectivity index (χ3n) is 14.2. The van der Waals surface area contributed by atoms with Gasteiger partial charge in [-0.05, 0) is 54.8 Å². The Balaban J connectivity index is 0.000000180. The number of Topliss-reactive ketones (excluding diaryl/α,β-unsaturated/α-hetero) is 2. The summed E-state index contributed by atoms with van der Waals surface area (Å²) in [7, 11) is 4.38. The van der Waals surface area contributed by atoms with E-state index in [-0.39, 0.29) is 78.6 Å². The van der Waals surface area contributed by atoms with Gasteiger partial charge in [-0.1, -0.05) is 0 Å². The smallest absolute Gasteiger partial charge is 0.404 e. The number of aromatic hydroxyl groups is 1. The van der Waals surface area contributed by atoms with Crippen LogP contribution in [0.25, 0.3) is 0 Å². The number of methoxy groups -OCH3 is 3. The van der Waals surface area contributed by atoms with Crippen molar-refractivity contribution >= 4 is 23.6 Å². The van der Waals surface area contributed by atoms with E-state index in [2.05, 4.69) is 5.32 Å². The maximum absolute atomic E-state index is 13.4. The number of piperazine rings is 1. The number of carbonyl (C=O) groups is 4. The molecule has 0 bridgehead atoms. The molecular weight excluding hydrogens is 872 g/mol. The zero-order valence-corrected chi connectivity index (χ0v) is 36.4. The largest absolute Gasteiger partial charge is 0.502 e. The fourth-order valence-electron chi connectivity index (χ4n) is 11.0. The molecule has 8 N–H and O–H groups in total. The van der Waals surface area contributed by atoms with Gasteiger partial charge in [0, 0.05) is 42.7 Å². The van der Waals surface area contributed by atoms with Crippen molar-refractivity contribution in [2.75, 3.05) is 54.5 Å². The van der Waals surface area contributed by atoms with Crippen molar-refractivity contribution in [3.05, 3.63) is 63.5 Å². The second-order valence-electron chi connectivity index (χ2n) is 17.4. The molecule has 0 spiro atoms. The second kappa shape index (κ2) is 16.3. The molecule has 14 atom stereocenters. The third-order valence-corrected chi connectivity index (χ3v) is 14.2. The Bertz CT molecular complexity index is 2430. The predicted molar refractivity (Wildman–Crippen MR) is 218 cm³/mol. The van der Waals surface area contributed by atoms with Gasteiger partial charge in [0.05, 0.1) is 62.8 Å². The van der Waals surface area contributed by atoms with Crippen molar-refractivity contribution in [2.45, 2.75) is 80.7 Å². The molecule has 22 nitrogen and oxygen atoms in total. The Morgan fingerprint density at radius 2 is 1.65 bits per heavy atom. The summed E-state index contributed by atoms with van der Waals surface area (Å²) in [5.74, 6) is -2.36. The number of nitrogens with one attached hydrogen (secondary N) is 1. The van der Waals surface area contributed by atoms with Crippen LogP contribution < -0.4 is 35.7 Å². The van der Waals surface area contributed by atoms with Crippen LogP contribution in [0.15, 0.2) is 46.8 Å². The maximum atomic E-state index is 13.4. The number of phenolic OH excluding ortho intramolecular Hbond substituents is 1. The summed E-state index contributed by atoms with van der Waals surface area (Å²) in [4.78, 5) is 51.8. The van der Waals surface area contributed by atoms with Gasteiger partial charge in [-0.15, -0.1) is 0 Å². The summed E-state index contributed by atoms with van der Waals surface area (Å²) < 4.78 is 62.3. The van der Waals surface area contributed by atoms with E-state index in [1.165, 1.54) is 28.3 Å². The van der Waals surface area contributed by atoms with E-state index in [1.807, 2.05) is 4.90 Å². The number of ketones is 2. The van der Waals surface area contributed by atoms with Crippen molar-refractivity contribution in [1.82, 2.24) is 10.2 Å². The van der Waals surface area contributed by atoms with Crippen LogP contribution in [0.5, 0.6) is 28.7 Å². The van der Waals surface area contributed by atoms with Crippen LogP contribution in [0.4, 0.5) is 4.79 Å². The van der Waals surface area contributed by atoms with E-state index in [0.29, 0.717) is 40.4 Å². The highest BCUT2D eigenvalue weighted by molar-refractivity contribution is 6.25. The lowest BCUT2D eigenvalue weighted by Crippen LogP contribution is -2.63. The molecule has 2 aromatic carbocycles. The lowest BCUT2D eigenvalue weighted by atomic mass is 9.66. The van der Waals surface area contributed by atoms with Crippen molar-refractivity contribution in [2.24, 2.45) is 29.2 Å². The molecule has 5 fully saturated rings. The van der Waals surface area contributed by atoms with Crippen LogP contribution in [-0.2, 0) is 47.5 Å². The van der Waals surface area contributed by atoms with Crippen LogP contribution in [-0.4, -0.2) is 153 Å². The van der Waals surface area contributed by atoms with E-state index in [4.69, 9.17) is 63.6 Å². The summed E-state index contributed by atoms with van der Waals surface area (Å²) >= 11 is 0. The predicted octanol–water partition coefficient (Wildman–Crippen LogP) is -0.313. The maximum Gasteiger partial charge on any atom is 0.404 e. The van der Waals surface area contributed by atoms with Crippen molar-refractivity contribution < 1.29 is 86.6 Å². The van der Waals surface area contributed by atoms with Crippen LogP contribution in [0.1, 0.15) is 42.6 Å². The van der Waals surface area contributed by atoms with Gasteiger partial charge >= 0.3 is 12.1 Å². The number of rotatable bonds is 8. The van der Waals surface area contributed by atoms with Crippen LogP contribution >= 0.6 is 0 Å². The summed E-state index contributed by atoms with van der Waals surface area (Å²) in [5.41, 5.74) is 12.7. The zero-order valence-electron chi connectivity index (χ0n) is 36.4. The van der Waals surface area contributed by atoms with Gasteiger partial charge in [0.15, 0.2) is 41.3 Å². The van der Waals surface area contributed by atoms with Gasteiger partial charge in [0.25, 0.3) is 0 Å². The highest BCUT2D eigenvalue weighted by atomic mass is 16.8. The summed E-state index contributed by atoms with van der Waals surface area (Å²) in [6.45, 7) is 3.85. The number of allylic oxidation sites excluding steroid dienone is 2. The summed E-state index contributed by atoms with van der Waals surface area (Å²) in [5, 5.41) is 35.8. The molecule has 354 valence electrons. The molecule has 0 aromatic heterocycles. The van der Waals surface area contributed by atoms with Gasteiger partial charge < -0.3 is 89.1 Å². The van der Waals surface area contributed by atoms with E-state index >= 15 is 0 Å². The van der Waals surface area contributed by atoms with E-state index in [9.17, 15) is 34.5 Å². The minimum Gasteiger partial charge on any atom is -0.502 e. The molecule has 7 aliphatic heterocycles. The van der Waals surface area contributed by atoms with Gasteiger partial charge in [-0.2, -0.15) is 0 Å². The Morgan fingerprint density at radius 3 is 2.32 bits per heavy atom.